The Hall–Kier alpha value is -2.89. The number of likely N-dealkylation sites (N-methyl/N-ethyl adjacent to an activating group) is 1. The summed E-state index contributed by atoms with van der Waals surface area (Å²) in [6.45, 7) is 2.55. The first-order valence-corrected chi connectivity index (χ1v) is 7.41. The molecule has 6 nitrogen and oxygen atoms in total. The van der Waals surface area contributed by atoms with Gasteiger partial charge in [0.15, 0.2) is 0 Å². The van der Waals surface area contributed by atoms with Gasteiger partial charge in [-0.15, -0.1) is 0 Å². The van der Waals surface area contributed by atoms with Crippen molar-refractivity contribution in [2.75, 3.05) is 16.8 Å². The van der Waals surface area contributed by atoms with Crippen LogP contribution in [0.4, 0.5) is 11.4 Å². The van der Waals surface area contributed by atoms with Crippen LogP contribution in [0.1, 0.15) is 22.8 Å². The van der Waals surface area contributed by atoms with Crippen molar-refractivity contribution in [1.29, 1.82) is 0 Å². The lowest BCUT2D eigenvalue weighted by Crippen LogP contribution is -2.27. The second-order valence-corrected chi connectivity index (χ2v) is 5.45. The minimum absolute atomic E-state index is 0.0582. The molecule has 0 radical (unpaired) electrons. The number of carbonyl (C=O) groups excluding carboxylic acids is 2. The van der Waals surface area contributed by atoms with Crippen molar-refractivity contribution >= 4 is 23.2 Å². The molecule has 118 valence electrons. The van der Waals surface area contributed by atoms with Crippen LogP contribution in [-0.2, 0) is 18.3 Å². The van der Waals surface area contributed by atoms with E-state index in [1.54, 1.807) is 36.3 Å². The number of nitrogens with one attached hydrogen (secondary N) is 1. The van der Waals surface area contributed by atoms with Gasteiger partial charge in [-0.25, -0.2) is 0 Å². The summed E-state index contributed by atoms with van der Waals surface area (Å²) in [5.74, 6) is -0.397. The summed E-state index contributed by atoms with van der Waals surface area (Å²) in [4.78, 5) is 37.8. The number of benzene rings is 1. The highest BCUT2D eigenvalue weighted by Crippen LogP contribution is 2.31. The molecule has 1 aliphatic rings. The van der Waals surface area contributed by atoms with E-state index in [0.29, 0.717) is 18.7 Å². The van der Waals surface area contributed by atoms with E-state index in [2.05, 4.69) is 5.32 Å². The molecule has 0 fully saturated rings. The molecule has 1 aromatic carbocycles. The third-order valence-electron chi connectivity index (χ3n) is 3.96. The van der Waals surface area contributed by atoms with Crippen molar-refractivity contribution in [1.82, 2.24) is 4.57 Å². The summed E-state index contributed by atoms with van der Waals surface area (Å²) >= 11 is 0. The number of hydrogen-bond donors (Lipinski definition) is 1. The van der Waals surface area contributed by atoms with Gasteiger partial charge in [-0.05, 0) is 42.8 Å². The molecule has 0 unspecified atom stereocenters. The zero-order valence-electron chi connectivity index (χ0n) is 13.0. The minimum Gasteiger partial charge on any atom is -0.322 e. The standard InChI is InChI=1S/C17H17N3O3/c1-3-20-14-7-6-12(9-11(14)10-15(20)21)18-16(22)13-5-4-8-19(2)17(13)23/h4-9H,3,10H2,1-2H3,(H,18,22). The summed E-state index contributed by atoms with van der Waals surface area (Å²) in [6, 6.07) is 8.49. The predicted molar refractivity (Wildman–Crippen MR) is 87.8 cm³/mol. The molecule has 6 heteroatoms. The molecular formula is C17H17N3O3. The first-order chi connectivity index (χ1) is 11.0. The highest BCUT2D eigenvalue weighted by atomic mass is 16.2. The molecule has 0 saturated carbocycles. The lowest BCUT2D eigenvalue weighted by atomic mass is 10.1. The van der Waals surface area contributed by atoms with Crippen LogP contribution in [-0.4, -0.2) is 22.9 Å². The van der Waals surface area contributed by atoms with E-state index in [0.717, 1.165) is 11.3 Å². The number of carbonyl (C=O) groups is 2. The fraction of sp³-hybridized carbons (Fsp3) is 0.235. The average molecular weight is 311 g/mol. The summed E-state index contributed by atoms with van der Waals surface area (Å²) in [7, 11) is 1.60. The van der Waals surface area contributed by atoms with Crippen LogP contribution in [0.2, 0.25) is 0 Å². The number of anilines is 2. The fourth-order valence-electron chi connectivity index (χ4n) is 2.78. The molecule has 0 aliphatic carbocycles. The Balaban J connectivity index is 1.86. The molecule has 23 heavy (non-hydrogen) atoms. The second-order valence-electron chi connectivity index (χ2n) is 5.45. The number of rotatable bonds is 3. The Bertz CT molecular complexity index is 854. The Morgan fingerprint density at radius 1 is 1.26 bits per heavy atom. The summed E-state index contributed by atoms with van der Waals surface area (Å²) < 4.78 is 1.36. The van der Waals surface area contributed by atoms with Crippen LogP contribution in [0.3, 0.4) is 0 Å². The van der Waals surface area contributed by atoms with E-state index in [4.69, 9.17) is 0 Å². The average Bonchev–Trinajstić information content (AvgIpc) is 2.84. The third kappa shape index (κ3) is 2.63. The number of nitrogens with zero attached hydrogens (tertiary/aromatic N) is 2. The van der Waals surface area contributed by atoms with Crippen molar-refractivity contribution in [2.45, 2.75) is 13.3 Å². The maximum absolute atomic E-state index is 12.3. The minimum atomic E-state index is -0.456. The summed E-state index contributed by atoms with van der Waals surface area (Å²) in [5.41, 5.74) is 2.08. The smallest absolute Gasteiger partial charge is 0.263 e. The fourth-order valence-corrected chi connectivity index (χ4v) is 2.78. The van der Waals surface area contributed by atoms with E-state index in [1.165, 1.54) is 10.6 Å². The van der Waals surface area contributed by atoms with Gasteiger partial charge >= 0.3 is 0 Å². The van der Waals surface area contributed by atoms with Crippen LogP contribution >= 0.6 is 0 Å². The molecule has 2 amide bonds. The maximum atomic E-state index is 12.3. The Morgan fingerprint density at radius 2 is 2.04 bits per heavy atom. The number of hydrogen-bond acceptors (Lipinski definition) is 3. The van der Waals surface area contributed by atoms with Crippen molar-refractivity contribution in [3.8, 4) is 0 Å². The van der Waals surface area contributed by atoms with Gasteiger partial charge in [0.1, 0.15) is 5.56 Å². The zero-order valence-corrected chi connectivity index (χ0v) is 13.0. The van der Waals surface area contributed by atoms with Gasteiger partial charge in [0.2, 0.25) is 5.91 Å². The predicted octanol–water partition coefficient (Wildman–Crippen LogP) is 1.55. The van der Waals surface area contributed by atoms with Crippen molar-refractivity contribution < 1.29 is 9.59 Å². The number of aryl methyl sites for hydroxylation is 1. The Labute approximate surface area is 133 Å². The van der Waals surface area contributed by atoms with Crippen molar-refractivity contribution in [3.05, 3.63) is 58.0 Å². The first kappa shape index (κ1) is 15.0. The van der Waals surface area contributed by atoms with E-state index < -0.39 is 5.91 Å². The largest absolute Gasteiger partial charge is 0.322 e. The van der Waals surface area contributed by atoms with Crippen LogP contribution in [0.15, 0.2) is 41.3 Å². The second kappa shape index (κ2) is 5.72. The van der Waals surface area contributed by atoms with E-state index in [-0.39, 0.29) is 17.0 Å². The molecule has 1 N–H and O–H groups in total. The zero-order chi connectivity index (χ0) is 16.6. The third-order valence-corrected chi connectivity index (χ3v) is 3.96. The van der Waals surface area contributed by atoms with E-state index in [9.17, 15) is 14.4 Å². The highest BCUT2D eigenvalue weighted by Gasteiger charge is 2.26. The molecule has 0 atom stereocenters. The van der Waals surface area contributed by atoms with Crippen LogP contribution < -0.4 is 15.8 Å². The molecule has 0 bridgehead atoms. The SMILES string of the molecule is CCN1C(=O)Cc2cc(NC(=O)c3cccn(C)c3=O)ccc21. The lowest BCUT2D eigenvalue weighted by Gasteiger charge is -2.15. The van der Waals surface area contributed by atoms with E-state index >= 15 is 0 Å². The van der Waals surface area contributed by atoms with Crippen LogP contribution in [0.25, 0.3) is 0 Å². The molecular weight excluding hydrogens is 294 g/mol. The molecule has 0 saturated heterocycles. The quantitative estimate of drug-likeness (QED) is 0.935. The van der Waals surface area contributed by atoms with Gasteiger partial charge in [0, 0.05) is 31.2 Å². The highest BCUT2D eigenvalue weighted by molar-refractivity contribution is 6.05. The van der Waals surface area contributed by atoms with E-state index in [1.807, 2.05) is 13.0 Å². The van der Waals surface area contributed by atoms with Gasteiger partial charge in [-0.1, -0.05) is 0 Å². The molecule has 1 aliphatic heterocycles. The first-order valence-electron chi connectivity index (χ1n) is 7.41. The number of pyridine rings is 1. The summed E-state index contributed by atoms with van der Waals surface area (Å²) in [6.07, 6.45) is 1.93. The Morgan fingerprint density at radius 3 is 2.78 bits per heavy atom. The maximum Gasteiger partial charge on any atom is 0.263 e. The molecule has 2 aromatic rings. The molecule has 2 heterocycles. The molecule has 3 rings (SSSR count). The topological polar surface area (TPSA) is 71.4 Å². The van der Waals surface area contributed by atoms with Gasteiger partial charge in [-0.2, -0.15) is 0 Å². The van der Waals surface area contributed by atoms with Crippen molar-refractivity contribution in [3.63, 3.8) is 0 Å². The monoisotopic (exact) mass is 311 g/mol. The lowest BCUT2D eigenvalue weighted by molar-refractivity contribution is -0.117. The summed E-state index contributed by atoms with van der Waals surface area (Å²) in [5, 5.41) is 2.72. The number of aromatic nitrogens is 1. The normalized spacial score (nSPS) is 13.1. The van der Waals surface area contributed by atoms with Gasteiger partial charge in [0.05, 0.1) is 6.42 Å². The van der Waals surface area contributed by atoms with Crippen LogP contribution in [0, 0.1) is 0 Å². The van der Waals surface area contributed by atoms with Gasteiger partial charge in [-0.3, -0.25) is 14.4 Å². The van der Waals surface area contributed by atoms with Crippen molar-refractivity contribution in [2.24, 2.45) is 7.05 Å². The van der Waals surface area contributed by atoms with Gasteiger partial charge in [0.25, 0.3) is 11.5 Å². The number of fused-ring (bicyclic) bond motifs is 1. The molecule has 0 spiro atoms. The number of amides is 2. The molecule has 1 aromatic heterocycles. The van der Waals surface area contributed by atoms with Crippen LogP contribution in [0.5, 0.6) is 0 Å². The Kier molecular flexibility index (Phi) is 3.73. The van der Waals surface area contributed by atoms with Gasteiger partial charge < -0.3 is 14.8 Å².